The van der Waals surface area contributed by atoms with Gasteiger partial charge in [-0.25, -0.2) is 0 Å². The van der Waals surface area contributed by atoms with E-state index in [2.05, 4.69) is 38.2 Å². The van der Waals surface area contributed by atoms with Crippen LogP contribution in [-0.2, 0) is 5.41 Å². The van der Waals surface area contributed by atoms with Crippen molar-refractivity contribution in [3.8, 4) is 5.75 Å². The molecular weight excluding hydrogens is 212 g/mol. The first kappa shape index (κ1) is 13.8. The molecule has 0 heterocycles. The monoisotopic (exact) mass is 236 g/mol. The van der Waals surface area contributed by atoms with Crippen LogP contribution in [0.5, 0.6) is 5.75 Å². The van der Waals surface area contributed by atoms with Gasteiger partial charge in [-0.2, -0.15) is 0 Å². The fourth-order valence-corrected chi connectivity index (χ4v) is 1.64. The van der Waals surface area contributed by atoms with Crippen LogP contribution in [0.2, 0.25) is 0 Å². The van der Waals surface area contributed by atoms with E-state index >= 15 is 0 Å². The summed E-state index contributed by atoms with van der Waals surface area (Å²) in [4.78, 5) is 0. The van der Waals surface area contributed by atoms with Gasteiger partial charge in [0.1, 0.15) is 5.75 Å². The van der Waals surface area contributed by atoms with Gasteiger partial charge in [-0.3, -0.25) is 0 Å². The maximum atomic E-state index is 5.49. The normalized spacial score (nSPS) is 11.4. The fourth-order valence-electron chi connectivity index (χ4n) is 1.64. The number of methoxy groups -OCH3 is 1. The molecule has 0 aliphatic rings. The molecule has 1 aromatic rings. The first-order valence-electron chi connectivity index (χ1n) is 6.11. The standard InChI is InChI=1S/C14H24N2O/c1-14(2,3)11-6-7-13(17-4)12(10-11)16-9-5-8-15/h6-7,10,16H,5,8-9,15H2,1-4H3. The van der Waals surface area contributed by atoms with Gasteiger partial charge in [0, 0.05) is 6.54 Å². The molecule has 0 aliphatic heterocycles. The van der Waals surface area contributed by atoms with Crippen LogP contribution in [0.25, 0.3) is 0 Å². The second kappa shape index (κ2) is 5.92. The lowest BCUT2D eigenvalue weighted by atomic mass is 9.87. The van der Waals surface area contributed by atoms with Crippen molar-refractivity contribution < 1.29 is 4.74 Å². The van der Waals surface area contributed by atoms with Gasteiger partial charge in [0.15, 0.2) is 0 Å². The Morgan fingerprint density at radius 1 is 1.29 bits per heavy atom. The zero-order valence-electron chi connectivity index (χ0n) is 11.3. The molecule has 0 fully saturated rings. The van der Waals surface area contributed by atoms with Gasteiger partial charge < -0.3 is 15.8 Å². The Bertz CT molecular complexity index is 356. The van der Waals surface area contributed by atoms with Crippen molar-refractivity contribution in [2.24, 2.45) is 5.73 Å². The number of hydrogen-bond donors (Lipinski definition) is 2. The average Bonchev–Trinajstić information content (AvgIpc) is 2.28. The zero-order valence-corrected chi connectivity index (χ0v) is 11.3. The van der Waals surface area contributed by atoms with Crippen molar-refractivity contribution in [2.45, 2.75) is 32.6 Å². The van der Waals surface area contributed by atoms with Crippen LogP contribution < -0.4 is 15.8 Å². The number of anilines is 1. The maximum absolute atomic E-state index is 5.49. The van der Waals surface area contributed by atoms with Crippen molar-refractivity contribution in [1.29, 1.82) is 0 Å². The van der Waals surface area contributed by atoms with E-state index in [0.717, 1.165) is 24.4 Å². The maximum Gasteiger partial charge on any atom is 0.141 e. The predicted molar refractivity (Wildman–Crippen MR) is 73.9 cm³/mol. The smallest absolute Gasteiger partial charge is 0.141 e. The van der Waals surface area contributed by atoms with E-state index in [1.54, 1.807) is 7.11 Å². The summed E-state index contributed by atoms with van der Waals surface area (Å²) in [6.07, 6.45) is 0.961. The molecule has 0 saturated heterocycles. The van der Waals surface area contributed by atoms with E-state index in [-0.39, 0.29) is 5.41 Å². The third-order valence-electron chi connectivity index (χ3n) is 2.76. The largest absolute Gasteiger partial charge is 0.495 e. The van der Waals surface area contributed by atoms with Crippen LogP contribution in [0.4, 0.5) is 5.69 Å². The average molecular weight is 236 g/mol. The molecular formula is C14H24N2O. The highest BCUT2D eigenvalue weighted by atomic mass is 16.5. The summed E-state index contributed by atoms with van der Waals surface area (Å²) in [5.41, 5.74) is 7.99. The summed E-state index contributed by atoms with van der Waals surface area (Å²) in [7, 11) is 1.69. The molecule has 0 radical (unpaired) electrons. The minimum atomic E-state index is 0.149. The third kappa shape index (κ3) is 3.93. The summed E-state index contributed by atoms with van der Waals surface area (Å²) >= 11 is 0. The summed E-state index contributed by atoms with van der Waals surface area (Å²) in [6.45, 7) is 8.20. The predicted octanol–water partition coefficient (Wildman–Crippen LogP) is 2.75. The van der Waals surface area contributed by atoms with E-state index in [1.165, 1.54) is 5.56 Å². The summed E-state index contributed by atoms with van der Waals surface area (Å²) in [6, 6.07) is 6.30. The molecule has 0 spiro atoms. The van der Waals surface area contributed by atoms with Crippen LogP contribution in [-0.4, -0.2) is 20.2 Å². The zero-order chi connectivity index (χ0) is 12.9. The minimum Gasteiger partial charge on any atom is -0.495 e. The molecule has 0 amide bonds. The summed E-state index contributed by atoms with van der Waals surface area (Å²) in [5.74, 6) is 0.884. The Kier molecular flexibility index (Phi) is 4.82. The molecule has 0 bridgehead atoms. The van der Waals surface area contributed by atoms with E-state index in [4.69, 9.17) is 10.5 Å². The molecule has 17 heavy (non-hydrogen) atoms. The van der Waals surface area contributed by atoms with Crippen LogP contribution in [0.15, 0.2) is 18.2 Å². The number of rotatable bonds is 5. The quantitative estimate of drug-likeness (QED) is 0.773. The molecule has 0 aliphatic carbocycles. The Morgan fingerprint density at radius 2 is 2.00 bits per heavy atom. The number of nitrogens with one attached hydrogen (secondary N) is 1. The highest BCUT2D eigenvalue weighted by molar-refractivity contribution is 5.59. The van der Waals surface area contributed by atoms with Crippen LogP contribution >= 0.6 is 0 Å². The molecule has 3 nitrogen and oxygen atoms in total. The molecule has 0 saturated carbocycles. The first-order valence-corrected chi connectivity index (χ1v) is 6.11. The highest BCUT2D eigenvalue weighted by Crippen LogP contribution is 2.31. The van der Waals surface area contributed by atoms with Crippen LogP contribution in [0.1, 0.15) is 32.8 Å². The van der Waals surface area contributed by atoms with Crippen molar-refractivity contribution in [1.82, 2.24) is 0 Å². The second-order valence-electron chi connectivity index (χ2n) is 5.23. The molecule has 1 rings (SSSR count). The lowest BCUT2D eigenvalue weighted by Crippen LogP contribution is -2.13. The number of ether oxygens (including phenoxy) is 1. The summed E-state index contributed by atoms with van der Waals surface area (Å²) < 4.78 is 5.35. The molecule has 0 aromatic heterocycles. The number of hydrogen-bond acceptors (Lipinski definition) is 3. The van der Waals surface area contributed by atoms with Crippen molar-refractivity contribution in [2.75, 3.05) is 25.5 Å². The lowest BCUT2D eigenvalue weighted by Gasteiger charge is -2.21. The second-order valence-corrected chi connectivity index (χ2v) is 5.23. The lowest BCUT2D eigenvalue weighted by molar-refractivity contribution is 0.416. The van der Waals surface area contributed by atoms with Crippen molar-refractivity contribution >= 4 is 5.69 Å². The van der Waals surface area contributed by atoms with Gasteiger partial charge in [-0.1, -0.05) is 26.8 Å². The Labute approximate surface area is 104 Å². The molecule has 96 valence electrons. The van der Waals surface area contributed by atoms with Crippen molar-refractivity contribution in [3.05, 3.63) is 23.8 Å². The number of nitrogens with two attached hydrogens (primary N) is 1. The van der Waals surface area contributed by atoms with Gasteiger partial charge in [-0.15, -0.1) is 0 Å². The number of benzene rings is 1. The van der Waals surface area contributed by atoms with Crippen LogP contribution in [0.3, 0.4) is 0 Å². The van der Waals surface area contributed by atoms with Gasteiger partial charge in [-0.05, 0) is 36.1 Å². The summed E-state index contributed by atoms with van der Waals surface area (Å²) in [5, 5.41) is 3.37. The Hall–Kier alpha value is -1.22. The van der Waals surface area contributed by atoms with Gasteiger partial charge in [0.05, 0.1) is 12.8 Å². The fraction of sp³-hybridized carbons (Fsp3) is 0.571. The van der Waals surface area contributed by atoms with Gasteiger partial charge >= 0.3 is 0 Å². The third-order valence-corrected chi connectivity index (χ3v) is 2.76. The van der Waals surface area contributed by atoms with Gasteiger partial charge in [0.25, 0.3) is 0 Å². The van der Waals surface area contributed by atoms with Crippen LogP contribution in [0, 0.1) is 0 Å². The van der Waals surface area contributed by atoms with Crippen molar-refractivity contribution in [3.63, 3.8) is 0 Å². The van der Waals surface area contributed by atoms with Gasteiger partial charge in [0.2, 0.25) is 0 Å². The SMILES string of the molecule is COc1ccc(C(C)(C)C)cc1NCCCN. The molecule has 1 aromatic carbocycles. The van der Waals surface area contributed by atoms with E-state index in [0.29, 0.717) is 6.54 Å². The minimum absolute atomic E-state index is 0.149. The Balaban J connectivity index is 2.90. The first-order chi connectivity index (χ1) is 7.99. The molecule has 0 atom stereocenters. The molecule has 0 unspecified atom stereocenters. The Morgan fingerprint density at radius 3 is 2.53 bits per heavy atom. The molecule has 3 heteroatoms. The van der Waals surface area contributed by atoms with E-state index in [9.17, 15) is 0 Å². The van der Waals surface area contributed by atoms with E-state index < -0.39 is 0 Å². The highest BCUT2D eigenvalue weighted by Gasteiger charge is 2.15. The molecule has 3 N–H and O–H groups in total. The van der Waals surface area contributed by atoms with E-state index in [1.807, 2.05) is 6.07 Å². The topological polar surface area (TPSA) is 47.3 Å².